The summed E-state index contributed by atoms with van der Waals surface area (Å²) in [5, 5.41) is 10.4. The number of likely N-dealkylation sites (tertiary alicyclic amines) is 1. The molecule has 4 heterocycles. The summed E-state index contributed by atoms with van der Waals surface area (Å²) in [5.41, 5.74) is 6.93. The lowest BCUT2D eigenvalue weighted by Gasteiger charge is -2.33. The maximum atomic E-state index is 13.6. The highest BCUT2D eigenvalue weighted by Gasteiger charge is 2.28. The van der Waals surface area contributed by atoms with Gasteiger partial charge in [-0.3, -0.25) is 4.79 Å². The minimum Gasteiger partial charge on any atom is -0.396 e. The van der Waals surface area contributed by atoms with Crippen LogP contribution in [-0.2, 0) is 19.5 Å². The second-order valence-electron chi connectivity index (χ2n) is 9.87. The number of aliphatic hydroxyl groups is 1. The number of benzene rings is 1. The van der Waals surface area contributed by atoms with Gasteiger partial charge in [0.15, 0.2) is 5.82 Å². The Morgan fingerprint density at radius 3 is 2.51 bits per heavy atom. The molecule has 1 aromatic carbocycles. The summed E-state index contributed by atoms with van der Waals surface area (Å²) in [6, 6.07) is 10.7. The molecule has 1 fully saturated rings. The SMILES string of the molecule is CCn1c(C)c(C)c2cc(C(=O)N3CCC(CCO)CC3)nc(N3CCc4ccccc4C3)c21.Cl. The third-order valence-corrected chi connectivity index (χ3v) is 8.00. The molecule has 0 unspecified atom stereocenters. The van der Waals surface area contributed by atoms with Crippen molar-refractivity contribution in [2.45, 2.75) is 59.5 Å². The summed E-state index contributed by atoms with van der Waals surface area (Å²) >= 11 is 0. The zero-order valence-corrected chi connectivity index (χ0v) is 21.9. The van der Waals surface area contributed by atoms with Crippen molar-refractivity contribution in [3.8, 4) is 0 Å². The van der Waals surface area contributed by atoms with Crippen molar-refractivity contribution in [3.63, 3.8) is 0 Å². The van der Waals surface area contributed by atoms with Crippen LogP contribution >= 0.6 is 12.4 Å². The van der Waals surface area contributed by atoms with Crippen molar-refractivity contribution in [2.24, 2.45) is 5.92 Å². The number of hydrogen-bond acceptors (Lipinski definition) is 4. The molecule has 3 aromatic rings. The van der Waals surface area contributed by atoms with Gasteiger partial charge in [-0.2, -0.15) is 0 Å². The first-order valence-electron chi connectivity index (χ1n) is 12.7. The molecule has 6 nitrogen and oxygen atoms in total. The van der Waals surface area contributed by atoms with Crippen LogP contribution in [0.4, 0.5) is 5.82 Å². The molecular weight excluding hydrogens is 460 g/mol. The van der Waals surface area contributed by atoms with Gasteiger partial charge < -0.3 is 19.5 Å². The van der Waals surface area contributed by atoms with E-state index in [1.165, 1.54) is 22.4 Å². The average Bonchev–Trinajstić information content (AvgIpc) is 3.12. The van der Waals surface area contributed by atoms with Crippen LogP contribution in [0, 0.1) is 19.8 Å². The average molecular weight is 497 g/mol. The van der Waals surface area contributed by atoms with Gasteiger partial charge in [0, 0.05) is 50.4 Å². The molecule has 2 aromatic heterocycles. The molecule has 35 heavy (non-hydrogen) atoms. The summed E-state index contributed by atoms with van der Waals surface area (Å²) in [6.45, 7) is 10.8. The number of rotatable bonds is 5. The molecule has 1 amide bonds. The van der Waals surface area contributed by atoms with E-state index < -0.39 is 0 Å². The number of anilines is 1. The number of piperidine rings is 1. The number of aliphatic hydroxyl groups excluding tert-OH is 1. The minimum absolute atomic E-state index is 0. The first kappa shape index (κ1) is 25.5. The van der Waals surface area contributed by atoms with Crippen molar-refractivity contribution in [1.82, 2.24) is 14.5 Å². The first-order chi connectivity index (χ1) is 16.5. The molecule has 1 N–H and O–H groups in total. The van der Waals surface area contributed by atoms with Crippen molar-refractivity contribution < 1.29 is 9.90 Å². The number of fused-ring (bicyclic) bond motifs is 2. The fourth-order valence-corrected chi connectivity index (χ4v) is 5.81. The van der Waals surface area contributed by atoms with Crippen molar-refractivity contribution in [3.05, 3.63) is 58.4 Å². The Hall–Kier alpha value is -2.57. The molecule has 0 atom stereocenters. The Balaban J connectivity index is 0.00000289. The quantitative estimate of drug-likeness (QED) is 0.546. The number of aromatic nitrogens is 2. The summed E-state index contributed by atoms with van der Waals surface area (Å²) in [7, 11) is 0. The highest BCUT2D eigenvalue weighted by molar-refractivity contribution is 6.01. The van der Waals surface area contributed by atoms with Gasteiger partial charge in [0.05, 0.1) is 5.52 Å². The van der Waals surface area contributed by atoms with Crippen LogP contribution in [0.25, 0.3) is 10.9 Å². The maximum absolute atomic E-state index is 13.6. The molecule has 5 rings (SSSR count). The molecular formula is C28H37ClN4O2. The summed E-state index contributed by atoms with van der Waals surface area (Å²) in [5.74, 6) is 1.48. The van der Waals surface area contributed by atoms with E-state index in [2.05, 4.69) is 54.5 Å². The van der Waals surface area contributed by atoms with E-state index in [0.29, 0.717) is 11.6 Å². The topological polar surface area (TPSA) is 61.6 Å². The smallest absolute Gasteiger partial charge is 0.272 e. The van der Waals surface area contributed by atoms with Gasteiger partial charge in [0.25, 0.3) is 5.91 Å². The third kappa shape index (κ3) is 4.66. The van der Waals surface area contributed by atoms with Gasteiger partial charge in [0.1, 0.15) is 5.69 Å². The predicted octanol–water partition coefficient (Wildman–Crippen LogP) is 4.89. The lowest BCUT2D eigenvalue weighted by molar-refractivity contribution is 0.0672. The Labute approximate surface area is 214 Å². The van der Waals surface area contributed by atoms with Gasteiger partial charge in [-0.15, -0.1) is 12.4 Å². The molecule has 0 saturated carbocycles. The Kier molecular flexibility index (Phi) is 7.72. The van der Waals surface area contributed by atoms with Gasteiger partial charge >= 0.3 is 0 Å². The van der Waals surface area contributed by atoms with Crippen LogP contribution < -0.4 is 4.90 Å². The number of carbonyl (C=O) groups is 1. The summed E-state index contributed by atoms with van der Waals surface area (Å²) < 4.78 is 2.35. The normalized spacial score (nSPS) is 16.3. The van der Waals surface area contributed by atoms with Crippen LogP contribution in [0.3, 0.4) is 0 Å². The van der Waals surface area contributed by atoms with Crippen LogP contribution in [0.2, 0.25) is 0 Å². The van der Waals surface area contributed by atoms with Gasteiger partial charge in [-0.25, -0.2) is 4.98 Å². The molecule has 0 spiro atoms. The number of aryl methyl sites for hydroxylation is 2. The fourth-order valence-electron chi connectivity index (χ4n) is 5.81. The number of hydrogen-bond donors (Lipinski definition) is 1. The molecule has 7 heteroatoms. The van der Waals surface area contributed by atoms with Crippen LogP contribution in [0.1, 0.15) is 59.1 Å². The number of nitrogens with zero attached hydrogens (tertiary/aromatic N) is 4. The highest BCUT2D eigenvalue weighted by atomic mass is 35.5. The Morgan fingerprint density at radius 1 is 1.11 bits per heavy atom. The van der Waals surface area contributed by atoms with E-state index in [-0.39, 0.29) is 24.9 Å². The molecule has 0 radical (unpaired) electrons. The van der Waals surface area contributed by atoms with E-state index in [0.717, 1.165) is 75.1 Å². The molecule has 0 aliphatic carbocycles. The first-order valence-corrected chi connectivity index (χ1v) is 12.7. The molecule has 2 aliphatic heterocycles. The van der Waals surface area contributed by atoms with E-state index in [4.69, 9.17) is 4.98 Å². The standard InChI is InChI=1S/C28H36N4O2.ClH/c1-4-32-20(3)19(2)24-17-25(28(34)30-13-9-21(10-14-30)12-16-33)29-27(26(24)32)31-15-11-22-7-5-6-8-23(22)18-31;/h5-8,17,21,33H,4,9-16,18H2,1-3H3;1H. The van der Waals surface area contributed by atoms with E-state index in [1.807, 2.05) is 11.0 Å². The van der Waals surface area contributed by atoms with Crippen molar-refractivity contribution in [2.75, 3.05) is 31.1 Å². The minimum atomic E-state index is 0. The maximum Gasteiger partial charge on any atom is 0.272 e. The van der Waals surface area contributed by atoms with Crippen molar-refractivity contribution in [1.29, 1.82) is 0 Å². The molecule has 188 valence electrons. The van der Waals surface area contributed by atoms with Crippen LogP contribution in [-0.4, -0.2) is 51.7 Å². The monoisotopic (exact) mass is 496 g/mol. The van der Waals surface area contributed by atoms with Crippen LogP contribution in [0.15, 0.2) is 30.3 Å². The van der Waals surface area contributed by atoms with E-state index >= 15 is 0 Å². The van der Waals surface area contributed by atoms with Gasteiger partial charge in [-0.1, -0.05) is 24.3 Å². The van der Waals surface area contributed by atoms with E-state index in [1.54, 1.807) is 0 Å². The molecule has 2 aliphatic rings. The summed E-state index contributed by atoms with van der Waals surface area (Å²) in [6.07, 6.45) is 3.72. The number of pyridine rings is 1. The zero-order valence-electron chi connectivity index (χ0n) is 21.1. The van der Waals surface area contributed by atoms with E-state index in [9.17, 15) is 9.90 Å². The lowest BCUT2D eigenvalue weighted by Crippen LogP contribution is -2.39. The second kappa shape index (κ2) is 10.6. The Morgan fingerprint density at radius 2 is 1.83 bits per heavy atom. The largest absolute Gasteiger partial charge is 0.396 e. The molecule has 1 saturated heterocycles. The Bertz CT molecular complexity index is 1210. The number of carbonyl (C=O) groups excluding carboxylic acids is 1. The predicted molar refractivity (Wildman–Crippen MR) is 144 cm³/mol. The van der Waals surface area contributed by atoms with Gasteiger partial charge in [0.2, 0.25) is 0 Å². The lowest BCUT2D eigenvalue weighted by atomic mass is 9.94. The van der Waals surface area contributed by atoms with Gasteiger partial charge in [-0.05, 0) is 75.1 Å². The highest BCUT2D eigenvalue weighted by Crippen LogP contribution is 2.35. The van der Waals surface area contributed by atoms with Crippen molar-refractivity contribution >= 4 is 35.0 Å². The fraction of sp³-hybridized carbons (Fsp3) is 0.500. The number of amides is 1. The third-order valence-electron chi connectivity index (χ3n) is 8.00. The zero-order chi connectivity index (χ0) is 23.8. The summed E-state index contributed by atoms with van der Waals surface area (Å²) in [4.78, 5) is 23.0. The number of halogens is 1. The van der Waals surface area contributed by atoms with Crippen LogP contribution in [0.5, 0.6) is 0 Å². The molecule has 0 bridgehead atoms. The second-order valence-corrected chi connectivity index (χ2v) is 9.87.